The van der Waals surface area contributed by atoms with Gasteiger partial charge in [0, 0.05) is 6.04 Å². The number of amides is 1. The van der Waals surface area contributed by atoms with E-state index in [-0.39, 0.29) is 11.2 Å². The molecular weight excluding hydrogens is 258 g/mol. The summed E-state index contributed by atoms with van der Waals surface area (Å²) in [5.41, 5.74) is 3.17. The van der Waals surface area contributed by atoms with Gasteiger partial charge in [-0.2, -0.15) is 0 Å². The molecule has 1 aromatic heterocycles. The van der Waals surface area contributed by atoms with Crippen LogP contribution in [0.1, 0.15) is 25.3 Å². The normalized spacial score (nSPS) is 16.5. The summed E-state index contributed by atoms with van der Waals surface area (Å²) in [6, 6.07) is 6.52. The topological polar surface area (TPSA) is 57.8 Å². The zero-order chi connectivity index (χ0) is 13.4. The lowest BCUT2D eigenvalue weighted by molar-refractivity contribution is -0.120. The number of hydrogen-bond acceptors (Lipinski definition) is 3. The van der Waals surface area contributed by atoms with Crippen molar-refractivity contribution >= 4 is 28.7 Å². The van der Waals surface area contributed by atoms with Gasteiger partial charge < -0.3 is 10.3 Å². The highest BCUT2D eigenvalue weighted by molar-refractivity contribution is 8.00. The maximum Gasteiger partial charge on any atom is 0.233 e. The molecule has 1 atom stereocenters. The second kappa shape index (κ2) is 4.89. The first-order chi connectivity index (χ1) is 9.11. The maximum absolute atomic E-state index is 11.9. The van der Waals surface area contributed by atoms with Crippen molar-refractivity contribution in [3.8, 4) is 0 Å². The zero-order valence-electron chi connectivity index (χ0n) is 11.1. The van der Waals surface area contributed by atoms with E-state index in [4.69, 9.17) is 0 Å². The van der Waals surface area contributed by atoms with Gasteiger partial charge in [-0.15, -0.1) is 0 Å². The van der Waals surface area contributed by atoms with Gasteiger partial charge in [0.15, 0.2) is 5.16 Å². The number of thioether (sulfide) groups is 1. The van der Waals surface area contributed by atoms with E-state index in [9.17, 15) is 4.79 Å². The number of aryl methyl sites for hydroxylation is 1. The molecule has 1 aliphatic rings. The van der Waals surface area contributed by atoms with Crippen molar-refractivity contribution in [2.75, 3.05) is 0 Å². The minimum absolute atomic E-state index is 0.101. The van der Waals surface area contributed by atoms with E-state index < -0.39 is 0 Å². The molecule has 0 spiro atoms. The van der Waals surface area contributed by atoms with E-state index in [0.29, 0.717) is 6.04 Å². The highest BCUT2D eigenvalue weighted by Crippen LogP contribution is 2.25. The molecule has 3 rings (SSSR count). The van der Waals surface area contributed by atoms with Crippen molar-refractivity contribution in [1.29, 1.82) is 0 Å². The third-order valence-corrected chi connectivity index (χ3v) is 4.18. The molecule has 1 amide bonds. The molecule has 2 N–H and O–H groups in total. The van der Waals surface area contributed by atoms with Gasteiger partial charge in [0.25, 0.3) is 0 Å². The van der Waals surface area contributed by atoms with Crippen LogP contribution < -0.4 is 5.32 Å². The summed E-state index contributed by atoms with van der Waals surface area (Å²) in [5.74, 6) is 0.101. The fourth-order valence-electron chi connectivity index (χ4n) is 1.92. The Bertz CT molecular complexity index is 618. The van der Waals surface area contributed by atoms with Crippen LogP contribution in [0.25, 0.3) is 11.0 Å². The Hall–Kier alpha value is -1.49. The summed E-state index contributed by atoms with van der Waals surface area (Å²) in [5, 5.41) is 3.70. The van der Waals surface area contributed by atoms with Crippen molar-refractivity contribution in [3.05, 3.63) is 23.8 Å². The Balaban J connectivity index is 1.71. The molecule has 1 saturated carbocycles. The fraction of sp³-hybridized carbons (Fsp3) is 0.429. The highest BCUT2D eigenvalue weighted by Gasteiger charge is 2.26. The number of carbonyl (C=O) groups is 1. The Morgan fingerprint density at radius 1 is 1.53 bits per heavy atom. The molecule has 4 nitrogen and oxygen atoms in total. The van der Waals surface area contributed by atoms with Crippen LogP contribution in [-0.4, -0.2) is 27.2 Å². The van der Waals surface area contributed by atoms with Crippen LogP contribution in [0.5, 0.6) is 0 Å². The first kappa shape index (κ1) is 12.5. The maximum atomic E-state index is 11.9. The lowest BCUT2D eigenvalue weighted by Gasteiger charge is -2.09. The Morgan fingerprint density at radius 2 is 2.32 bits per heavy atom. The average Bonchev–Trinajstić information content (AvgIpc) is 3.08. The molecule has 0 saturated heterocycles. The molecule has 5 heteroatoms. The number of aromatic amines is 1. The predicted octanol–water partition coefficient (Wildman–Crippen LogP) is 2.63. The molecule has 19 heavy (non-hydrogen) atoms. The summed E-state index contributed by atoms with van der Waals surface area (Å²) in [4.78, 5) is 19.7. The monoisotopic (exact) mass is 275 g/mol. The molecule has 1 aliphatic carbocycles. The number of aromatic nitrogens is 2. The van der Waals surface area contributed by atoms with E-state index >= 15 is 0 Å². The fourth-order valence-corrected chi connectivity index (χ4v) is 2.75. The Kier molecular flexibility index (Phi) is 3.22. The number of hydrogen-bond donors (Lipinski definition) is 2. The molecule has 0 aliphatic heterocycles. The van der Waals surface area contributed by atoms with E-state index in [0.717, 1.165) is 29.0 Å². The molecule has 100 valence electrons. The second-order valence-corrected chi connectivity index (χ2v) is 6.44. The van der Waals surface area contributed by atoms with Crippen molar-refractivity contribution in [1.82, 2.24) is 15.3 Å². The van der Waals surface area contributed by atoms with E-state index in [1.54, 1.807) is 0 Å². The van der Waals surface area contributed by atoms with Crippen molar-refractivity contribution < 1.29 is 4.79 Å². The van der Waals surface area contributed by atoms with Gasteiger partial charge in [0.2, 0.25) is 5.91 Å². The molecule has 2 aromatic rings. The van der Waals surface area contributed by atoms with Gasteiger partial charge in [0.1, 0.15) is 0 Å². The number of carbonyl (C=O) groups excluding carboxylic acids is 1. The third-order valence-electron chi connectivity index (χ3n) is 3.20. The number of nitrogens with zero attached hydrogens (tertiary/aromatic N) is 1. The molecule has 1 fully saturated rings. The third kappa shape index (κ3) is 2.92. The van der Waals surface area contributed by atoms with E-state index in [1.807, 2.05) is 19.1 Å². The summed E-state index contributed by atoms with van der Waals surface area (Å²) >= 11 is 1.47. The molecule has 1 aromatic carbocycles. The van der Waals surface area contributed by atoms with Crippen molar-refractivity contribution in [2.24, 2.45) is 0 Å². The van der Waals surface area contributed by atoms with Gasteiger partial charge >= 0.3 is 0 Å². The van der Waals surface area contributed by atoms with Crippen molar-refractivity contribution in [2.45, 2.75) is 43.1 Å². The van der Waals surface area contributed by atoms with Gasteiger partial charge in [-0.25, -0.2) is 4.98 Å². The zero-order valence-corrected chi connectivity index (χ0v) is 11.9. The minimum Gasteiger partial charge on any atom is -0.352 e. The van der Waals surface area contributed by atoms with Crippen LogP contribution in [0.3, 0.4) is 0 Å². The molecule has 1 unspecified atom stereocenters. The van der Waals surface area contributed by atoms with Crippen LogP contribution in [0, 0.1) is 6.92 Å². The summed E-state index contributed by atoms with van der Waals surface area (Å²) in [6.07, 6.45) is 2.24. The molecule has 0 radical (unpaired) electrons. The molecule has 1 heterocycles. The SMILES string of the molecule is Cc1ccc2nc(SC(C)C(=O)NC3CC3)[nH]c2c1. The minimum atomic E-state index is -0.123. The standard InChI is InChI=1S/C14H17N3OS/c1-8-3-6-11-12(7-8)17-14(16-11)19-9(2)13(18)15-10-4-5-10/h3,6-7,9-10H,4-5H2,1-2H3,(H,15,18)(H,16,17). The van der Waals surface area contributed by atoms with E-state index in [2.05, 4.69) is 28.3 Å². The summed E-state index contributed by atoms with van der Waals surface area (Å²) in [7, 11) is 0. The number of nitrogens with one attached hydrogen (secondary N) is 2. The van der Waals surface area contributed by atoms with E-state index in [1.165, 1.54) is 17.3 Å². The highest BCUT2D eigenvalue weighted by atomic mass is 32.2. The lowest BCUT2D eigenvalue weighted by Crippen LogP contribution is -2.32. The van der Waals surface area contributed by atoms with Crippen LogP contribution in [0.4, 0.5) is 0 Å². The summed E-state index contributed by atoms with van der Waals surface area (Å²) in [6.45, 7) is 3.97. The van der Waals surface area contributed by atoms with Gasteiger partial charge in [0.05, 0.1) is 16.3 Å². The van der Waals surface area contributed by atoms with Crippen LogP contribution in [-0.2, 0) is 4.79 Å². The second-order valence-electron chi connectivity index (χ2n) is 5.11. The van der Waals surface area contributed by atoms with Crippen molar-refractivity contribution in [3.63, 3.8) is 0 Å². The molecule has 0 bridgehead atoms. The molecular formula is C14H17N3OS. The number of rotatable bonds is 4. The largest absolute Gasteiger partial charge is 0.352 e. The van der Waals surface area contributed by atoms with Gasteiger partial charge in [-0.05, 0) is 44.4 Å². The number of H-pyrrole nitrogens is 1. The van der Waals surface area contributed by atoms with Crippen LogP contribution in [0.2, 0.25) is 0 Å². The van der Waals surface area contributed by atoms with Gasteiger partial charge in [-0.1, -0.05) is 17.8 Å². The Morgan fingerprint density at radius 3 is 3.05 bits per heavy atom. The van der Waals surface area contributed by atoms with Crippen LogP contribution >= 0.6 is 11.8 Å². The number of imidazole rings is 1. The first-order valence-electron chi connectivity index (χ1n) is 6.55. The first-order valence-corrected chi connectivity index (χ1v) is 7.43. The van der Waals surface area contributed by atoms with Crippen LogP contribution in [0.15, 0.2) is 23.4 Å². The smallest absolute Gasteiger partial charge is 0.233 e. The predicted molar refractivity (Wildman–Crippen MR) is 77.3 cm³/mol. The number of benzene rings is 1. The van der Waals surface area contributed by atoms with Gasteiger partial charge in [-0.3, -0.25) is 4.79 Å². The Labute approximate surface area is 116 Å². The number of fused-ring (bicyclic) bond motifs is 1. The average molecular weight is 275 g/mol. The lowest BCUT2D eigenvalue weighted by atomic mass is 10.2. The summed E-state index contributed by atoms with van der Waals surface area (Å²) < 4.78 is 0. The quantitative estimate of drug-likeness (QED) is 0.843.